The highest BCUT2D eigenvalue weighted by Gasteiger charge is 2.20. The molecule has 0 fully saturated rings. The summed E-state index contributed by atoms with van der Waals surface area (Å²) in [4.78, 5) is 21.3. The normalized spacial score (nSPS) is 18.1. The summed E-state index contributed by atoms with van der Waals surface area (Å²) in [5.41, 5.74) is 9.47. The summed E-state index contributed by atoms with van der Waals surface area (Å²) in [6, 6.07) is 18.7. The number of oxime groups is 2. The van der Waals surface area contributed by atoms with Crippen LogP contribution < -0.4 is 0 Å². The number of hydrogen-bond acceptors (Lipinski definition) is 6. The fourth-order valence-corrected chi connectivity index (χ4v) is 4.76. The monoisotopic (exact) mass is 468 g/mol. The Morgan fingerprint density at radius 3 is 1.71 bits per heavy atom. The van der Waals surface area contributed by atoms with Crippen LogP contribution >= 0.6 is 0 Å². The van der Waals surface area contributed by atoms with Gasteiger partial charge in [-0.25, -0.2) is 0 Å². The molecule has 2 heterocycles. The van der Waals surface area contributed by atoms with E-state index in [-0.39, 0.29) is 5.92 Å². The van der Waals surface area contributed by atoms with Gasteiger partial charge in [0.2, 0.25) is 0 Å². The standard InChI is InChI=1S/C29H32N4O2/c1-20-14-16-23-10-6-12-26(28(23)30-20)32-34-18-25(22-8-4-3-5-9-22)19-35-33-27-13-7-11-24-17-15-21(2)31-29(24)27/h3-5,8-9,14-17,25H,6-7,10-13,18-19H2,1-2H3/b32-26+,33-27+. The lowest BCUT2D eigenvalue weighted by Gasteiger charge is -2.19. The summed E-state index contributed by atoms with van der Waals surface area (Å²) in [7, 11) is 0. The second kappa shape index (κ2) is 10.8. The molecule has 0 unspecified atom stereocenters. The molecule has 0 aliphatic heterocycles. The zero-order chi connectivity index (χ0) is 24.0. The summed E-state index contributed by atoms with van der Waals surface area (Å²) < 4.78 is 0. The van der Waals surface area contributed by atoms with Gasteiger partial charge in [-0.1, -0.05) is 52.8 Å². The first kappa shape index (κ1) is 23.2. The third-order valence-corrected chi connectivity index (χ3v) is 6.67. The smallest absolute Gasteiger partial charge is 0.127 e. The van der Waals surface area contributed by atoms with Gasteiger partial charge < -0.3 is 9.68 Å². The summed E-state index contributed by atoms with van der Waals surface area (Å²) in [5, 5.41) is 9.04. The number of benzene rings is 1. The van der Waals surface area contributed by atoms with Crippen LogP contribution in [0, 0.1) is 13.8 Å². The first-order valence-electron chi connectivity index (χ1n) is 12.5. The Kier molecular flexibility index (Phi) is 7.17. The van der Waals surface area contributed by atoms with Crippen molar-refractivity contribution in [2.75, 3.05) is 13.2 Å². The largest absolute Gasteiger partial charge is 0.395 e. The minimum absolute atomic E-state index is 0.00644. The van der Waals surface area contributed by atoms with Crippen molar-refractivity contribution in [3.05, 3.63) is 94.1 Å². The molecule has 2 aromatic heterocycles. The minimum Gasteiger partial charge on any atom is -0.395 e. The molecular formula is C29H32N4O2. The van der Waals surface area contributed by atoms with E-state index in [0.29, 0.717) is 13.2 Å². The van der Waals surface area contributed by atoms with E-state index in [1.165, 1.54) is 11.1 Å². The maximum atomic E-state index is 5.91. The van der Waals surface area contributed by atoms with E-state index in [1.807, 2.05) is 32.0 Å². The Morgan fingerprint density at radius 2 is 1.20 bits per heavy atom. The fourth-order valence-electron chi connectivity index (χ4n) is 4.76. The van der Waals surface area contributed by atoms with E-state index in [2.05, 4.69) is 46.7 Å². The zero-order valence-corrected chi connectivity index (χ0v) is 20.5. The highest BCUT2D eigenvalue weighted by atomic mass is 16.6. The van der Waals surface area contributed by atoms with E-state index < -0.39 is 0 Å². The molecule has 0 bridgehead atoms. The molecule has 0 saturated heterocycles. The topological polar surface area (TPSA) is 69.0 Å². The lowest BCUT2D eigenvalue weighted by molar-refractivity contribution is 0.0713. The van der Waals surface area contributed by atoms with Crippen LogP contribution in [0.2, 0.25) is 0 Å². The van der Waals surface area contributed by atoms with Crippen LogP contribution in [-0.4, -0.2) is 34.6 Å². The summed E-state index contributed by atoms with van der Waals surface area (Å²) in [6.07, 6.45) is 5.99. The summed E-state index contributed by atoms with van der Waals surface area (Å²) >= 11 is 0. The first-order valence-corrected chi connectivity index (χ1v) is 12.5. The van der Waals surface area contributed by atoms with Crippen molar-refractivity contribution in [2.45, 2.75) is 58.3 Å². The van der Waals surface area contributed by atoms with E-state index in [1.54, 1.807) is 0 Å². The lowest BCUT2D eigenvalue weighted by atomic mass is 9.94. The molecule has 1 aromatic carbocycles. The molecule has 0 saturated carbocycles. The van der Waals surface area contributed by atoms with E-state index in [0.717, 1.165) is 78.3 Å². The average Bonchev–Trinajstić information content (AvgIpc) is 2.88. The predicted octanol–water partition coefficient (Wildman–Crippen LogP) is 5.69. The van der Waals surface area contributed by atoms with Gasteiger partial charge in [-0.2, -0.15) is 0 Å². The Hall–Kier alpha value is -3.54. The number of aryl methyl sites for hydroxylation is 4. The molecule has 6 heteroatoms. The van der Waals surface area contributed by atoms with Crippen LogP contribution in [0.3, 0.4) is 0 Å². The van der Waals surface area contributed by atoms with Crippen molar-refractivity contribution in [1.82, 2.24) is 9.97 Å². The number of fused-ring (bicyclic) bond motifs is 2. The van der Waals surface area contributed by atoms with Crippen molar-refractivity contribution < 1.29 is 9.68 Å². The van der Waals surface area contributed by atoms with Crippen molar-refractivity contribution in [2.24, 2.45) is 10.3 Å². The molecule has 0 amide bonds. The summed E-state index contributed by atoms with van der Waals surface area (Å²) in [6.45, 7) is 4.85. The molecule has 0 spiro atoms. The SMILES string of the molecule is Cc1ccc2c(n1)/C(=N/OCC(CO/N=C1\CCCc3ccc(C)nc31)c1ccccc1)CCC2. The molecule has 180 valence electrons. The molecule has 0 atom stereocenters. The van der Waals surface area contributed by atoms with Gasteiger partial charge in [0.15, 0.2) is 0 Å². The van der Waals surface area contributed by atoms with E-state index in [9.17, 15) is 0 Å². The minimum atomic E-state index is 0.00644. The van der Waals surface area contributed by atoms with Crippen LogP contribution in [0.25, 0.3) is 0 Å². The first-order chi connectivity index (χ1) is 17.2. The molecule has 2 aliphatic rings. The average molecular weight is 469 g/mol. The second-order valence-electron chi connectivity index (χ2n) is 9.40. The number of nitrogens with zero attached hydrogens (tertiary/aromatic N) is 4. The maximum absolute atomic E-state index is 5.91. The van der Waals surface area contributed by atoms with Gasteiger partial charge in [-0.05, 0) is 81.2 Å². The quantitative estimate of drug-likeness (QED) is 0.418. The second-order valence-corrected chi connectivity index (χ2v) is 9.40. The molecule has 6 nitrogen and oxygen atoms in total. The van der Waals surface area contributed by atoms with Crippen LogP contribution in [0.15, 0.2) is 64.9 Å². The number of aromatic nitrogens is 2. The molecule has 5 rings (SSSR count). The van der Waals surface area contributed by atoms with Gasteiger partial charge in [-0.15, -0.1) is 0 Å². The van der Waals surface area contributed by atoms with Crippen molar-refractivity contribution in [3.63, 3.8) is 0 Å². The third-order valence-electron chi connectivity index (χ3n) is 6.67. The molecular weight excluding hydrogens is 436 g/mol. The Bertz CT molecular complexity index is 1160. The Morgan fingerprint density at radius 1 is 0.686 bits per heavy atom. The van der Waals surface area contributed by atoms with Crippen LogP contribution in [-0.2, 0) is 22.5 Å². The van der Waals surface area contributed by atoms with Gasteiger partial charge in [0.1, 0.15) is 24.6 Å². The molecule has 35 heavy (non-hydrogen) atoms. The molecule has 2 aliphatic carbocycles. The van der Waals surface area contributed by atoms with Gasteiger partial charge >= 0.3 is 0 Å². The van der Waals surface area contributed by atoms with E-state index >= 15 is 0 Å². The van der Waals surface area contributed by atoms with Gasteiger partial charge in [0, 0.05) is 11.4 Å². The highest BCUT2D eigenvalue weighted by molar-refractivity contribution is 6.01. The van der Waals surface area contributed by atoms with Gasteiger partial charge in [-0.3, -0.25) is 9.97 Å². The van der Waals surface area contributed by atoms with Crippen LogP contribution in [0.5, 0.6) is 0 Å². The predicted molar refractivity (Wildman–Crippen MR) is 138 cm³/mol. The molecule has 0 N–H and O–H groups in total. The van der Waals surface area contributed by atoms with Crippen molar-refractivity contribution in [3.8, 4) is 0 Å². The number of pyridine rings is 2. The maximum Gasteiger partial charge on any atom is 0.127 e. The van der Waals surface area contributed by atoms with Gasteiger partial charge in [0.05, 0.1) is 17.3 Å². The highest BCUT2D eigenvalue weighted by Crippen LogP contribution is 2.23. The molecule has 3 aromatic rings. The summed E-state index contributed by atoms with van der Waals surface area (Å²) in [5.74, 6) is 0.00644. The fraction of sp³-hybridized carbons (Fsp3) is 0.379. The third kappa shape index (κ3) is 5.59. The number of rotatable bonds is 7. The van der Waals surface area contributed by atoms with E-state index in [4.69, 9.17) is 19.6 Å². The Labute approximate surface area is 207 Å². The van der Waals surface area contributed by atoms with Gasteiger partial charge in [0.25, 0.3) is 0 Å². The van der Waals surface area contributed by atoms with Crippen LogP contribution in [0.1, 0.15) is 71.1 Å². The lowest BCUT2D eigenvalue weighted by Crippen LogP contribution is -2.18. The zero-order valence-electron chi connectivity index (χ0n) is 20.5. The van der Waals surface area contributed by atoms with Crippen LogP contribution in [0.4, 0.5) is 0 Å². The Balaban J connectivity index is 1.29. The van der Waals surface area contributed by atoms with Crippen molar-refractivity contribution in [1.29, 1.82) is 0 Å². The molecule has 0 radical (unpaired) electrons. The van der Waals surface area contributed by atoms with Crippen molar-refractivity contribution >= 4 is 11.4 Å². The number of hydrogen-bond donors (Lipinski definition) is 0.